The Labute approximate surface area is 146 Å². The fourth-order valence-electron chi connectivity index (χ4n) is 2.64. The molecule has 0 radical (unpaired) electrons. The molecule has 1 atom stereocenters. The average Bonchev–Trinajstić information content (AvgIpc) is 2.94. The van der Waals surface area contributed by atoms with Crippen LogP contribution in [0.3, 0.4) is 0 Å². The molecule has 7 heteroatoms. The number of nitrogens with one attached hydrogen (secondary N) is 1. The number of aliphatic carboxylic acids is 1. The number of fused-ring (bicyclic) bond motifs is 1. The van der Waals surface area contributed by atoms with Gasteiger partial charge in [0, 0.05) is 0 Å². The first kappa shape index (κ1) is 17.0. The third-order valence-electron chi connectivity index (χ3n) is 3.99. The molecular weight excluding hydrogens is 320 g/mol. The summed E-state index contributed by atoms with van der Waals surface area (Å²) in [4.78, 5) is 15.6. The molecule has 1 aliphatic rings. The molecule has 0 saturated carbocycles. The van der Waals surface area contributed by atoms with Crippen LogP contribution in [-0.4, -0.2) is 32.4 Å². The topological polar surface area (TPSA) is 89.3 Å². The predicted molar refractivity (Wildman–Crippen MR) is 93.6 cm³/mol. The van der Waals surface area contributed by atoms with Crippen molar-refractivity contribution >= 4 is 11.9 Å². The molecule has 0 amide bonds. The van der Waals surface area contributed by atoms with Gasteiger partial charge in [-0.25, -0.2) is 9.48 Å². The minimum atomic E-state index is -1.02. The zero-order chi connectivity index (χ0) is 18.0. The molecule has 0 bridgehead atoms. The van der Waals surface area contributed by atoms with Gasteiger partial charge >= 0.3 is 5.97 Å². The molecule has 1 aliphatic heterocycles. The molecule has 1 aromatic carbocycles. The Hall–Kier alpha value is -2.83. The van der Waals surface area contributed by atoms with E-state index in [1.807, 2.05) is 24.3 Å². The lowest BCUT2D eigenvalue weighted by Crippen LogP contribution is -2.24. The van der Waals surface area contributed by atoms with Gasteiger partial charge in [-0.15, -0.1) is 0 Å². The fourth-order valence-corrected chi connectivity index (χ4v) is 2.64. The van der Waals surface area contributed by atoms with Crippen molar-refractivity contribution in [1.29, 1.82) is 0 Å². The van der Waals surface area contributed by atoms with Crippen LogP contribution in [-0.2, 0) is 4.79 Å². The summed E-state index contributed by atoms with van der Waals surface area (Å²) in [5.41, 5.74) is 1.02. The van der Waals surface area contributed by atoms with Gasteiger partial charge in [0.1, 0.15) is 23.3 Å². The maximum absolute atomic E-state index is 11.4. The van der Waals surface area contributed by atoms with Crippen LogP contribution in [0.1, 0.15) is 37.7 Å². The molecule has 0 aliphatic carbocycles. The minimum absolute atomic E-state index is 0.0992. The van der Waals surface area contributed by atoms with E-state index < -0.39 is 5.97 Å². The van der Waals surface area contributed by atoms with Gasteiger partial charge in [0.05, 0.1) is 6.61 Å². The molecule has 3 rings (SSSR count). The highest BCUT2D eigenvalue weighted by Crippen LogP contribution is 2.29. The van der Waals surface area contributed by atoms with E-state index in [1.54, 1.807) is 17.7 Å². The monoisotopic (exact) mass is 342 g/mol. The lowest BCUT2D eigenvalue weighted by molar-refractivity contribution is -0.132. The first-order valence-corrected chi connectivity index (χ1v) is 8.32. The van der Waals surface area contributed by atoms with Crippen LogP contribution >= 0.6 is 0 Å². The van der Waals surface area contributed by atoms with Crippen molar-refractivity contribution < 1.29 is 14.6 Å². The van der Waals surface area contributed by atoms with E-state index >= 15 is 0 Å². The van der Waals surface area contributed by atoms with Gasteiger partial charge in [-0.2, -0.15) is 10.1 Å². The number of ether oxygens (including phenoxy) is 1. The maximum atomic E-state index is 11.4. The molecular formula is C18H22N4O3. The van der Waals surface area contributed by atoms with E-state index in [9.17, 15) is 9.90 Å². The number of carboxylic acids is 1. The average molecular weight is 342 g/mol. The first-order chi connectivity index (χ1) is 11.9. The van der Waals surface area contributed by atoms with E-state index in [0.29, 0.717) is 24.3 Å². The summed E-state index contributed by atoms with van der Waals surface area (Å²) in [5.74, 6) is 1.39. The molecule has 132 valence electrons. The number of hydrogen-bond acceptors (Lipinski definition) is 5. The quantitative estimate of drug-likeness (QED) is 0.839. The SMILES string of the molecule is Cc1nc2n(n1)[C@@H](c1ccc(OCCC(C)C)cc1)C=C(C(=O)O)N2. The normalized spacial score (nSPS) is 16.2. The number of carboxylic acid groups (broad SMARTS) is 1. The van der Waals surface area contributed by atoms with E-state index in [-0.39, 0.29) is 11.7 Å². The second-order valence-corrected chi connectivity index (χ2v) is 6.48. The van der Waals surface area contributed by atoms with Gasteiger partial charge in [-0.05, 0) is 43.0 Å². The highest BCUT2D eigenvalue weighted by atomic mass is 16.5. The molecule has 2 aromatic rings. The van der Waals surface area contributed by atoms with Crippen LogP contribution in [0.2, 0.25) is 0 Å². The van der Waals surface area contributed by atoms with Crippen molar-refractivity contribution in [2.75, 3.05) is 11.9 Å². The van der Waals surface area contributed by atoms with Crippen LogP contribution in [0.25, 0.3) is 0 Å². The van der Waals surface area contributed by atoms with Crippen molar-refractivity contribution in [2.24, 2.45) is 5.92 Å². The molecule has 0 spiro atoms. The highest BCUT2D eigenvalue weighted by molar-refractivity contribution is 5.90. The number of anilines is 1. The molecule has 2 N–H and O–H groups in total. The number of hydrogen-bond donors (Lipinski definition) is 2. The Bertz CT molecular complexity index is 793. The van der Waals surface area contributed by atoms with E-state index in [0.717, 1.165) is 17.7 Å². The molecule has 1 aromatic heterocycles. The number of carbonyl (C=O) groups is 1. The zero-order valence-corrected chi connectivity index (χ0v) is 14.6. The second-order valence-electron chi connectivity index (χ2n) is 6.48. The van der Waals surface area contributed by atoms with Crippen molar-refractivity contribution in [3.8, 4) is 5.75 Å². The van der Waals surface area contributed by atoms with Gasteiger partial charge in [0.15, 0.2) is 0 Å². The Morgan fingerprint density at radius 1 is 1.36 bits per heavy atom. The Balaban J connectivity index is 1.83. The largest absolute Gasteiger partial charge is 0.494 e. The zero-order valence-electron chi connectivity index (χ0n) is 14.6. The van der Waals surface area contributed by atoms with Crippen molar-refractivity contribution in [3.63, 3.8) is 0 Å². The molecule has 25 heavy (non-hydrogen) atoms. The van der Waals surface area contributed by atoms with Crippen molar-refractivity contribution in [2.45, 2.75) is 33.2 Å². The molecule has 0 unspecified atom stereocenters. The summed E-state index contributed by atoms with van der Waals surface area (Å²) >= 11 is 0. The lowest BCUT2D eigenvalue weighted by atomic mass is 10.0. The van der Waals surface area contributed by atoms with Gasteiger partial charge in [0.2, 0.25) is 5.95 Å². The predicted octanol–water partition coefficient (Wildman–Crippen LogP) is 2.99. The number of rotatable bonds is 6. The first-order valence-electron chi connectivity index (χ1n) is 8.32. The number of aryl methyl sites for hydroxylation is 1. The van der Waals surface area contributed by atoms with Gasteiger partial charge in [0.25, 0.3) is 0 Å². The van der Waals surface area contributed by atoms with Crippen LogP contribution in [0.5, 0.6) is 5.75 Å². The Morgan fingerprint density at radius 3 is 2.72 bits per heavy atom. The van der Waals surface area contributed by atoms with E-state index in [2.05, 4.69) is 29.2 Å². The standard InChI is InChI=1S/C18H22N4O3/c1-11(2)8-9-25-14-6-4-13(5-7-14)16-10-15(17(23)24)20-18-19-12(3)21-22(16)18/h4-7,10-11,16H,8-9H2,1-3H3,(H,23,24)(H,19,20,21)/t16-/m1/s1. The Morgan fingerprint density at radius 2 is 2.08 bits per heavy atom. The Kier molecular flexibility index (Phi) is 4.74. The molecule has 2 heterocycles. The maximum Gasteiger partial charge on any atom is 0.352 e. The summed E-state index contributed by atoms with van der Waals surface area (Å²) in [5, 5.41) is 16.5. The van der Waals surface area contributed by atoms with E-state index in [1.165, 1.54) is 0 Å². The van der Waals surface area contributed by atoms with Gasteiger partial charge in [-0.3, -0.25) is 0 Å². The van der Waals surface area contributed by atoms with E-state index in [4.69, 9.17) is 4.74 Å². The number of benzene rings is 1. The van der Waals surface area contributed by atoms with Gasteiger partial charge < -0.3 is 15.2 Å². The summed E-state index contributed by atoms with van der Waals surface area (Å²) in [6.45, 7) is 6.78. The number of nitrogens with zero attached hydrogens (tertiary/aromatic N) is 3. The van der Waals surface area contributed by atoms with Crippen molar-refractivity contribution in [3.05, 3.63) is 47.4 Å². The summed E-state index contributed by atoms with van der Waals surface area (Å²) in [7, 11) is 0. The summed E-state index contributed by atoms with van der Waals surface area (Å²) < 4.78 is 7.43. The van der Waals surface area contributed by atoms with Crippen LogP contribution in [0.4, 0.5) is 5.95 Å². The lowest BCUT2D eigenvalue weighted by Gasteiger charge is -2.22. The highest BCUT2D eigenvalue weighted by Gasteiger charge is 2.26. The third kappa shape index (κ3) is 3.81. The smallest absolute Gasteiger partial charge is 0.352 e. The molecule has 7 nitrogen and oxygen atoms in total. The van der Waals surface area contributed by atoms with Crippen molar-refractivity contribution in [1.82, 2.24) is 14.8 Å². The number of aromatic nitrogens is 3. The third-order valence-corrected chi connectivity index (χ3v) is 3.99. The van der Waals surface area contributed by atoms with Crippen LogP contribution in [0.15, 0.2) is 36.0 Å². The van der Waals surface area contributed by atoms with Gasteiger partial charge in [-0.1, -0.05) is 26.0 Å². The molecule has 0 saturated heterocycles. The molecule has 0 fully saturated rings. The summed E-state index contributed by atoms with van der Waals surface area (Å²) in [6, 6.07) is 7.33. The van der Waals surface area contributed by atoms with Crippen LogP contribution in [0, 0.1) is 12.8 Å². The number of allylic oxidation sites excluding steroid dienone is 1. The fraction of sp³-hybridized carbons (Fsp3) is 0.389. The second kappa shape index (κ2) is 6.96. The summed E-state index contributed by atoms with van der Waals surface area (Å²) in [6.07, 6.45) is 2.64. The van der Waals surface area contributed by atoms with Crippen LogP contribution < -0.4 is 10.1 Å². The minimum Gasteiger partial charge on any atom is -0.494 e.